The van der Waals surface area contributed by atoms with Crippen molar-refractivity contribution in [3.63, 3.8) is 0 Å². The molecule has 0 aliphatic carbocycles. The van der Waals surface area contributed by atoms with Gasteiger partial charge in [-0.05, 0) is 18.9 Å². The predicted octanol–water partition coefficient (Wildman–Crippen LogP) is 1.60. The van der Waals surface area contributed by atoms with Crippen LogP contribution in [0, 0.1) is 11.3 Å². The molecule has 120 valence electrons. The van der Waals surface area contributed by atoms with Gasteiger partial charge in [-0.15, -0.1) is 0 Å². The minimum atomic E-state index is -3.70. The van der Waals surface area contributed by atoms with Crippen molar-refractivity contribution in [2.75, 3.05) is 6.54 Å². The minimum Gasteiger partial charge on any atom is -0.275 e. The molecule has 1 unspecified atom stereocenters. The van der Waals surface area contributed by atoms with Gasteiger partial charge in [0, 0.05) is 37.7 Å². The third kappa shape index (κ3) is 2.98. The van der Waals surface area contributed by atoms with Crippen LogP contribution >= 0.6 is 0 Å². The second-order valence-corrected chi connectivity index (χ2v) is 7.49. The number of nitriles is 1. The van der Waals surface area contributed by atoms with Crippen molar-refractivity contribution in [2.45, 2.75) is 30.2 Å². The first-order valence-corrected chi connectivity index (χ1v) is 8.82. The Morgan fingerprint density at radius 2 is 2.13 bits per heavy atom. The topological polar surface area (TPSA) is 91.9 Å². The first-order valence-electron chi connectivity index (χ1n) is 7.38. The van der Waals surface area contributed by atoms with Crippen molar-refractivity contribution in [1.82, 2.24) is 19.1 Å². The van der Waals surface area contributed by atoms with Crippen LogP contribution in [0.1, 0.15) is 36.4 Å². The van der Waals surface area contributed by atoms with Crippen molar-refractivity contribution in [1.29, 1.82) is 5.26 Å². The van der Waals surface area contributed by atoms with E-state index in [0.717, 1.165) is 24.8 Å². The fourth-order valence-electron chi connectivity index (χ4n) is 2.89. The Balaban J connectivity index is 2.00. The van der Waals surface area contributed by atoms with Gasteiger partial charge in [0.15, 0.2) is 0 Å². The average Bonchev–Trinajstić information content (AvgIpc) is 3.01. The van der Waals surface area contributed by atoms with E-state index in [1.54, 1.807) is 10.9 Å². The van der Waals surface area contributed by atoms with E-state index >= 15 is 0 Å². The minimum absolute atomic E-state index is 0.0624. The van der Waals surface area contributed by atoms with Crippen LogP contribution in [-0.4, -0.2) is 34.0 Å². The summed E-state index contributed by atoms with van der Waals surface area (Å²) in [6, 6.07) is 3.07. The zero-order chi connectivity index (χ0) is 16.4. The van der Waals surface area contributed by atoms with Crippen LogP contribution in [0.5, 0.6) is 0 Å². The SMILES string of the molecule is Cn1cc(C2CCCCN2S(=O)(=O)c2cncc(C#N)c2)cn1. The summed E-state index contributed by atoms with van der Waals surface area (Å²) >= 11 is 0. The fourth-order valence-corrected chi connectivity index (χ4v) is 4.57. The summed E-state index contributed by atoms with van der Waals surface area (Å²) in [6.45, 7) is 0.457. The molecule has 0 radical (unpaired) electrons. The standard InChI is InChI=1S/C15H17N5O2S/c1-19-11-13(9-18-19)15-4-2-3-5-20(15)23(21,22)14-6-12(7-16)8-17-10-14/h6,8-11,15H,2-5H2,1H3. The van der Waals surface area contributed by atoms with Crippen LogP contribution in [0.3, 0.4) is 0 Å². The Bertz CT molecular complexity index is 853. The number of aryl methyl sites for hydroxylation is 1. The summed E-state index contributed by atoms with van der Waals surface area (Å²) in [5, 5.41) is 13.1. The number of nitrogens with zero attached hydrogens (tertiary/aromatic N) is 5. The lowest BCUT2D eigenvalue weighted by atomic mass is 10.0. The molecule has 0 bridgehead atoms. The molecule has 1 aliphatic rings. The summed E-state index contributed by atoms with van der Waals surface area (Å²) in [5.74, 6) is 0. The van der Waals surface area contributed by atoms with Crippen LogP contribution in [-0.2, 0) is 17.1 Å². The molecule has 0 spiro atoms. The summed E-state index contributed by atoms with van der Waals surface area (Å²) in [4.78, 5) is 3.94. The molecule has 1 fully saturated rings. The van der Waals surface area contributed by atoms with Gasteiger partial charge in [0.2, 0.25) is 10.0 Å². The molecule has 1 saturated heterocycles. The molecule has 23 heavy (non-hydrogen) atoms. The Morgan fingerprint density at radius 1 is 1.30 bits per heavy atom. The summed E-state index contributed by atoms with van der Waals surface area (Å²) in [6.07, 6.45) is 8.77. The van der Waals surface area contributed by atoms with E-state index in [0.29, 0.717) is 6.54 Å². The maximum Gasteiger partial charge on any atom is 0.245 e. The molecule has 8 heteroatoms. The number of pyridine rings is 1. The number of rotatable bonds is 3. The molecule has 1 atom stereocenters. The average molecular weight is 331 g/mol. The van der Waals surface area contributed by atoms with Crippen LogP contribution in [0.15, 0.2) is 35.7 Å². The van der Waals surface area contributed by atoms with Gasteiger partial charge >= 0.3 is 0 Å². The van der Waals surface area contributed by atoms with Crippen LogP contribution in [0.2, 0.25) is 0 Å². The lowest BCUT2D eigenvalue weighted by Crippen LogP contribution is -2.38. The predicted molar refractivity (Wildman–Crippen MR) is 82.6 cm³/mol. The van der Waals surface area contributed by atoms with Gasteiger partial charge in [-0.25, -0.2) is 8.42 Å². The Morgan fingerprint density at radius 3 is 2.83 bits per heavy atom. The van der Waals surface area contributed by atoms with E-state index < -0.39 is 10.0 Å². The molecule has 3 heterocycles. The van der Waals surface area contributed by atoms with Crippen LogP contribution in [0.4, 0.5) is 0 Å². The van der Waals surface area contributed by atoms with E-state index in [2.05, 4.69) is 10.1 Å². The maximum absolute atomic E-state index is 13.0. The molecule has 0 amide bonds. The molecule has 0 saturated carbocycles. The molecular formula is C15H17N5O2S. The summed E-state index contributed by atoms with van der Waals surface area (Å²) in [5.41, 5.74) is 1.13. The first kappa shape index (κ1) is 15.6. The lowest BCUT2D eigenvalue weighted by molar-refractivity contribution is 0.256. The highest BCUT2D eigenvalue weighted by Crippen LogP contribution is 2.35. The normalized spacial score (nSPS) is 19.4. The van der Waals surface area contributed by atoms with E-state index in [4.69, 9.17) is 5.26 Å². The molecule has 0 aromatic carbocycles. The number of hydrogen-bond donors (Lipinski definition) is 0. The van der Waals surface area contributed by atoms with E-state index in [9.17, 15) is 8.42 Å². The van der Waals surface area contributed by atoms with Gasteiger partial charge in [0.25, 0.3) is 0 Å². The number of sulfonamides is 1. The second-order valence-electron chi connectivity index (χ2n) is 5.60. The molecule has 1 aliphatic heterocycles. The van der Waals surface area contributed by atoms with Gasteiger partial charge in [0.05, 0.1) is 17.8 Å². The van der Waals surface area contributed by atoms with Crippen LogP contribution in [0.25, 0.3) is 0 Å². The highest BCUT2D eigenvalue weighted by molar-refractivity contribution is 7.89. The van der Waals surface area contributed by atoms with Crippen molar-refractivity contribution in [3.05, 3.63) is 42.0 Å². The van der Waals surface area contributed by atoms with Gasteiger partial charge in [-0.1, -0.05) is 6.42 Å². The third-order valence-electron chi connectivity index (χ3n) is 4.01. The van der Waals surface area contributed by atoms with E-state index in [1.165, 1.54) is 22.8 Å². The van der Waals surface area contributed by atoms with Crippen molar-refractivity contribution >= 4 is 10.0 Å². The van der Waals surface area contributed by atoms with E-state index in [1.807, 2.05) is 19.3 Å². The fraction of sp³-hybridized carbons (Fsp3) is 0.400. The molecule has 3 rings (SSSR count). The van der Waals surface area contributed by atoms with E-state index in [-0.39, 0.29) is 16.5 Å². The zero-order valence-corrected chi connectivity index (χ0v) is 13.6. The molecule has 2 aromatic rings. The summed E-state index contributed by atoms with van der Waals surface area (Å²) < 4.78 is 29.2. The Kier molecular flexibility index (Phi) is 4.15. The van der Waals surface area contributed by atoms with Gasteiger partial charge in [0.1, 0.15) is 11.0 Å². The highest BCUT2D eigenvalue weighted by Gasteiger charge is 2.35. The Labute approximate surface area is 135 Å². The number of aromatic nitrogens is 3. The zero-order valence-electron chi connectivity index (χ0n) is 12.8. The highest BCUT2D eigenvalue weighted by atomic mass is 32.2. The maximum atomic E-state index is 13.0. The number of hydrogen-bond acceptors (Lipinski definition) is 5. The molecule has 2 aromatic heterocycles. The summed E-state index contributed by atoms with van der Waals surface area (Å²) in [7, 11) is -1.89. The van der Waals surface area contributed by atoms with Crippen LogP contribution < -0.4 is 0 Å². The smallest absolute Gasteiger partial charge is 0.245 e. The van der Waals surface area contributed by atoms with Crippen molar-refractivity contribution < 1.29 is 8.42 Å². The Hall–Kier alpha value is -2.24. The molecule has 0 N–H and O–H groups in total. The van der Waals surface area contributed by atoms with Crippen molar-refractivity contribution in [2.24, 2.45) is 7.05 Å². The molecule has 7 nitrogen and oxygen atoms in total. The van der Waals surface area contributed by atoms with Gasteiger partial charge in [-0.3, -0.25) is 9.67 Å². The van der Waals surface area contributed by atoms with Gasteiger partial charge < -0.3 is 0 Å². The largest absolute Gasteiger partial charge is 0.275 e. The first-order chi connectivity index (χ1) is 11.0. The molecular weight excluding hydrogens is 314 g/mol. The van der Waals surface area contributed by atoms with Gasteiger partial charge in [-0.2, -0.15) is 14.7 Å². The number of piperidine rings is 1. The quantitative estimate of drug-likeness (QED) is 0.852. The lowest BCUT2D eigenvalue weighted by Gasteiger charge is -2.34. The van der Waals surface area contributed by atoms with Crippen molar-refractivity contribution in [3.8, 4) is 6.07 Å². The monoisotopic (exact) mass is 331 g/mol. The second kappa shape index (κ2) is 6.10. The third-order valence-corrected chi connectivity index (χ3v) is 5.89.